The van der Waals surface area contributed by atoms with E-state index in [1.165, 1.54) is 21.0 Å². The second-order valence-corrected chi connectivity index (χ2v) is 11.9. The van der Waals surface area contributed by atoms with Crippen molar-refractivity contribution in [2.75, 3.05) is 26.2 Å². The maximum absolute atomic E-state index is 13.2. The minimum atomic E-state index is -4.68. The summed E-state index contributed by atoms with van der Waals surface area (Å²) in [5.74, 6) is -0.655. The summed E-state index contributed by atoms with van der Waals surface area (Å²) >= 11 is 0.838. The van der Waals surface area contributed by atoms with Crippen LogP contribution in [-0.4, -0.2) is 58.5 Å². The largest absolute Gasteiger partial charge is 0.452 e. The van der Waals surface area contributed by atoms with Crippen molar-refractivity contribution >= 4 is 32.3 Å². The minimum Gasteiger partial charge on any atom is -0.351 e. The number of fused-ring (bicyclic) bond motifs is 1. The third kappa shape index (κ3) is 4.69. The van der Waals surface area contributed by atoms with Gasteiger partial charge in [0.15, 0.2) is 0 Å². The number of sulfonamides is 1. The van der Waals surface area contributed by atoms with Gasteiger partial charge < -0.3 is 4.52 Å². The van der Waals surface area contributed by atoms with Crippen LogP contribution >= 0.6 is 11.3 Å². The van der Waals surface area contributed by atoms with Gasteiger partial charge in [-0.2, -0.15) is 17.5 Å². The number of nitrogens with zero attached hydrogens (tertiary/aromatic N) is 5. The number of thiophene rings is 1. The summed E-state index contributed by atoms with van der Waals surface area (Å²) in [5, 5.41) is 3.96. The van der Waals surface area contributed by atoms with Gasteiger partial charge in [0.05, 0.1) is 21.8 Å². The van der Waals surface area contributed by atoms with Gasteiger partial charge >= 0.3 is 6.18 Å². The first-order chi connectivity index (χ1) is 17.5. The molecule has 1 atom stereocenters. The number of benzene rings is 1. The first kappa shape index (κ1) is 25.6. The van der Waals surface area contributed by atoms with Crippen molar-refractivity contribution in [3.63, 3.8) is 0 Å². The molecule has 1 saturated heterocycles. The van der Waals surface area contributed by atoms with Crippen molar-refractivity contribution in [1.29, 1.82) is 0 Å². The average molecular weight is 554 g/mol. The molecule has 0 saturated carbocycles. The molecule has 0 amide bonds. The molecule has 0 aliphatic carbocycles. The Hall–Kier alpha value is -3.07. The van der Waals surface area contributed by atoms with Crippen LogP contribution in [0.2, 0.25) is 0 Å². The number of piperazine rings is 1. The van der Waals surface area contributed by atoms with Gasteiger partial charge in [0.1, 0.15) is 15.7 Å². The summed E-state index contributed by atoms with van der Waals surface area (Å²) in [6.07, 6.45) is -4.68. The Morgan fingerprint density at radius 1 is 1.08 bits per heavy atom. The van der Waals surface area contributed by atoms with Gasteiger partial charge in [-0.15, -0.1) is 11.3 Å². The third-order valence-electron chi connectivity index (χ3n) is 6.43. The van der Waals surface area contributed by atoms with Crippen molar-refractivity contribution in [2.45, 2.75) is 23.4 Å². The number of aromatic nitrogens is 3. The Labute approximate surface area is 213 Å². The molecule has 1 unspecified atom stereocenters. The minimum absolute atomic E-state index is 0.0131. The van der Waals surface area contributed by atoms with Crippen LogP contribution in [0.4, 0.5) is 13.2 Å². The van der Waals surface area contributed by atoms with Crippen LogP contribution in [-0.2, 0) is 23.2 Å². The number of halogens is 3. The molecule has 4 aromatic rings. The molecule has 1 fully saturated rings. The van der Waals surface area contributed by atoms with Gasteiger partial charge in [-0.25, -0.2) is 13.4 Å². The molecule has 196 valence electrons. The van der Waals surface area contributed by atoms with Gasteiger partial charge in [0.2, 0.25) is 5.76 Å². The monoisotopic (exact) mass is 553 g/mol. The summed E-state index contributed by atoms with van der Waals surface area (Å²) in [4.78, 5) is 19.8. The highest BCUT2D eigenvalue weighted by Crippen LogP contribution is 2.36. The average Bonchev–Trinajstić information content (AvgIpc) is 3.56. The third-order valence-corrected chi connectivity index (χ3v) is 9.90. The van der Waals surface area contributed by atoms with Crippen molar-refractivity contribution < 1.29 is 26.1 Å². The fraction of sp³-hybridized carbons (Fsp3) is 0.348. The molecule has 37 heavy (non-hydrogen) atoms. The summed E-state index contributed by atoms with van der Waals surface area (Å²) < 4.78 is 72.1. The predicted molar refractivity (Wildman–Crippen MR) is 131 cm³/mol. The molecule has 4 heterocycles. The highest BCUT2D eigenvalue weighted by molar-refractivity contribution is 7.91. The highest BCUT2D eigenvalue weighted by atomic mass is 32.2. The normalized spacial score (nSPS) is 16.9. The van der Waals surface area contributed by atoms with E-state index in [1.54, 1.807) is 25.2 Å². The van der Waals surface area contributed by atoms with Gasteiger partial charge in [0, 0.05) is 39.3 Å². The van der Waals surface area contributed by atoms with Crippen LogP contribution < -0.4 is 5.56 Å². The zero-order chi connectivity index (χ0) is 26.5. The Morgan fingerprint density at radius 3 is 2.46 bits per heavy atom. The lowest BCUT2D eigenvalue weighted by atomic mass is 10.2. The second kappa shape index (κ2) is 9.35. The Bertz CT molecular complexity index is 1620. The molecule has 0 N–H and O–H groups in total. The van der Waals surface area contributed by atoms with Crippen molar-refractivity contribution in [3.05, 3.63) is 64.4 Å². The lowest BCUT2D eigenvalue weighted by Crippen LogP contribution is -2.49. The van der Waals surface area contributed by atoms with E-state index in [0.29, 0.717) is 29.8 Å². The summed E-state index contributed by atoms with van der Waals surface area (Å²) in [6.45, 7) is 3.19. The van der Waals surface area contributed by atoms with Gasteiger partial charge in [-0.05, 0) is 31.2 Å². The Morgan fingerprint density at radius 2 is 1.78 bits per heavy atom. The molecule has 0 spiro atoms. The van der Waals surface area contributed by atoms with Gasteiger partial charge in [-0.1, -0.05) is 17.3 Å². The molecular weight excluding hydrogens is 531 g/mol. The van der Waals surface area contributed by atoms with Crippen LogP contribution in [0.15, 0.2) is 56.0 Å². The summed E-state index contributed by atoms with van der Waals surface area (Å²) in [6, 6.07) is 10.4. The van der Waals surface area contributed by atoms with Crippen molar-refractivity contribution in [1.82, 2.24) is 23.9 Å². The van der Waals surface area contributed by atoms with Crippen molar-refractivity contribution in [2.24, 2.45) is 7.05 Å². The molecular formula is C23H22F3N5O4S2. The number of rotatable bonds is 5. The second-order valence-electron chi connectivity index (χ2n) is 8.66. The molecule has 0 bridgehead atoms. The number of alkyl halides is 3. The van der Waals surface area contributed by atoms with E-state index in [2.05, 4.69) is 19.6 Å². The van der Waals surface area contributed by atoms with E-state index in [-0.39, 0.29) is 39.5 Å². The van der Waals surface area contributed by atoms with E-state index in [1.807, 2.05) is 13.0 Å². The first-order valence-corrected chi connectivity index (χ1v) is 13.6. The lowest BCUT2D eigenvalue weighted by molar-refractivity contribution is -0.155. The molecule has 14 heteroatoms. The number of para-hydroxylation sites is 1. The molecule has 5 rings (SSSR count). The predicted octanol–water partition coefficient (Wildman–Crippen LogP) is 3.74. The number of hydrogen-bond donors (Lipinski definition) is 0. The molecule has 0 radical (unpaired) electrons. The Balaban J connectivity index is 1.30. The SMILES string of the molecule is CC(c1nc2ccccc2c(=O)n1C)N1CCN(S(=O)(=O)c2ccc(-c3cc(C(F)(F)F)on3)s2)CC1. The quantitative estimate of drug-likeness (QED) is 0.371. The zero-order valence-electron chi connectivity index (χ0n) is 19.8. The van der Waals surface area contributed by atoms with E-state index >= 15 is 0 Å². The Kier molecular flexibility index (Phi) is 6.46. The van der Waals surface area contributed by atoms with Gasteiger partial charge in [0.25, 0.3) is 15.6 Å². The van der Waals surface area contributed by atoms with Crippen LogP contribution in [0, 0.1) is 0 Å². The van der Waals surface area contributed by atoms with E-state index < -0.39 is 22.0 Å². The molecule has 3 aromatic heterocycles. The van der Waals surface area contributed by atoms with E-state index in [0.717, 1.165) is 17.4 Å². The highest BCUT2D eigenvalue weighted by Gasteiger charge is 2.37. The smallest absolute Gasteiger partial charge is 0.351 e. The summed E-state index contributed by atoms with van der Waals surface area (Å²) in [5.41, 5.74) is 0.388. The molecule has 1 aliphatic heterocycles. The summed E-state index contributed by atoms with van der Waals surface area (Å²) in [7, 11) is -2.18. The molecule has 1 aromatic carbocycles. The molecule has 1 aliphatic rings. The maximum Gasteiger partial charge on any atom is 0.452 e. The van der Waals surface area contributed by atoms with Crippen LogP contribution in [0.3, 0.4) is 0 Å². The topological polar surface area (TPSA) is 102 Å². The lowest BCUT2D eigenvalue weighted by Gasteiger charge is -2.37. The van der Waals surface area contributed by atoms with Crippen LogP contribution in [0.5, 0.6) is 0 Å². The standard InChI is InChI=1S/C23H22F3N5O4S2/c1-14(21-27-16-6-4-3-5-15(16)22(32)29(21)2)30-9-11-31(12-10-30)37(33,34)20-8-7-18(36-20)17-13-19(35-28-17)23(24,25)26/h3-8,13-14H,9-12H2,1-2H3. The zero-order valence-corrected chi connectivity index (χ0v) is 21.4. The fourth-order valence-electron chi connectivity index (χ4n) is 4.35. The van der Waals surface area contributed by atoms with Crippen LogP contribution in [0.25, 0.3) is 21.5 Å². The van der Waals surface area contributed by atoms with Crippen molar-refractivity contribution in [3.8, 4) is 10.6 Å². The maximum atomic E-state index is 13.2. The van der Waals surface area contributed by atoms with E-state index in [9.17, 15) is 26.4 Å². The first-order valence-electron chi connectivity index (χ1n) is 11.3. The van der Waals surface area contributed by atoms with E-state index in [4.69, 9.17) is 0 Å². The number of hydrogen-bond acceptors (Lipinski definition) is 8. The van der Waals surface area contributed by atoms with Gasteiger partial charge in [-0.3, -0.25) is 14.3 Å². The molecule has 9 nitrogen and oxygen atoms in total. The fourth-order valence-corrected chi connectivity index (χ4v) is 7.19. The van der Waals surface area contributed by atoms with Crippen LogP contribution in [0.1, 0.15) is 24.6 Å².